The van der Waals surface area contributed by atoms with Gasteiger partial charge >= 0.3 is 5.97 Å². The smallest absolute Gasteiger partial charge is 0.328 e. The van der Waals surface area contributed by atoms with Crippen LogP contribution in [0.3, 0.4) is 0 Å². The average Bonchev–Trinajstić information content (AvgIpc) is 2.01. The number of hydrogen-bond acceptors (Lipinski definition) is 1. The molecule has 0 aliphatic heterocycles. The zero-order chi connectivity index (χ0) is 10.7. The van der Waals surface area contributed by atoms with Gasteiger partial charge in [-0.25, -0.2) is 4.79 Å². The van der Waals surface area contributed by atoms with Crippen molar-refractivity contribution in [3.8, 4) is 0 Å². The monoisotopic (exact) mass is 190 g/mol. The third-order valence-corrected chi connectivity index (χ3v) is 2.13. The Bertz CT molecular complexity index is 366. The molecule has 1 N–H and O–H groups in total. The standard InChI is InChI=1S/C12H14O2/c1-8-6-9(2)11(10(3)7-8)4-5-12(13)14/h4-7H,1-3H3,(H,13,14)/b5-4+. The van der Waals surface area contributed by atoms with E-state index in [1.807, 2.05) is 20.8 Å². The van der Waals surface area contributed by atoms with Crippen molar-refractivity contribution >= 4 is 12.0 Å². The predicted octanol–water partition coefficient (Wildman–Crippen LogP) is 2.71. The van der Waals surface area contributed by atoms with Crippen molar-refractivity contribution in [3.05, 3.63) is 40.5 Å². The average molecular weight is 190 g/mol. The molecule has 14 heavy (non-hydrogen) atoms. The fourth-order valence-corrected chi connectivity index (χ4v) is 1.61. The molecule has 0 aromatic heterocycles. The quantitative estimate of drug-likeness (QED) is 0.728. The summed E-state index contributed by atoms with van der Waals surface area (Å²) in [4.78, 5) is 10.4. The third-order valence-electron chi connectivity index (χ3n) is 2.13. The number of aryl methyl sites for hydroxylation is 3. The molecule has 74 valence electrons. The number of carbonyl (C=O) groups is 1. The topological polar surface area (TPSA) is 37.3 Å². The molecule has 2 nitrogen and oxygen atoms in total. The molecule has 2 heteroatoms. The summed E-state index contributed by atoms with van der Waals surface area (Å²) in [6.45, 7) is 6.01. The van der Waals surface area contributed by atoms with Crippen molar-refractivity contribution in [1.29, 1.82) is 0 Å². The molecule has 0 amide bonds. The largest absolute Gasteiger partial charge is 0.478 e. The number of aliphatic carboxylic acids is 1. The third kappa shape index (κ3) is 2.46. The summed E-state index contributed by atoms with van der Waals surface area (Å²) >= 11 is 0. The van der Waals surface area contributed by atoms with E-state index in [1.165, 1.54) is 11.6 Å². The van der Waals surface area contributed by atoms with Gasteiger partial charge in [-0.2, -0.15) is 0 Å². The first-order valence-electron chi connectivity index (χ1n) is 4.49. The minimum atomic E-state index is -0.913. The number of carboxylic acids is 1. The first-order chi connectivity index (χ1) is 6.50. The Kier molecular flexibility index (Phi) is 3.07. The van der Waals surface area contributed by atoms with Gasteiger partial charge in [-0.3, -0.25) is 0 Å². The highest BCUT2D eigenvalue weighted by Gasteiger charge is 2.00. The molecule has 0 spiro atoms. The fourth-order valence-electron chi connectivity index (χ4n) is 1.61. The van der Waals surface area contributed by atoms with Crippen molar-refractivity contribution in [2.75, 3.05) is 0 Å². The second kappa shape index (κ2) is 4.09. The summed E-state index contributed by atoms with van der Waals surface area (Å²) in [5.74, 6) is -0.913. The van der Waals surface area contributed by atoms with Crippen LogP contribution in [0.1, 0.15) is 22.3 Å². The van der Waals surface area contributed by atoms with E-state index < -0.39 is 5.97 Å². The van der Waals surface area contributed by atoms with Gasteiger partial charge in [0.25, 0.3) is 0 Å². The summed E-state index contributed by atoms with van der Waals surface area (Å²) in [6.07, 6.45) is 2.82. The Morgan fingerprint density at radius 1 is 1.21 bits per heavy atom. The number of benzene rings is 1. The summed E-state index contributed by atoms with van der Waals surface area (Å²) in [5.41, 5.74) is 4.42. The lowest BCUT2D eigenvalue weighted by molar-refractivity contribution is -0.131. The lowest BCUT2D eigenvalue weighted by Crippen LogP contribution is -1.91. The number of hydrogen-bond donors (Lipinski definition) is 1. The van der Waals surface area contributed by atoms with Crippen LogP contribution in [0.15, 0.2) is 18.2 Å². The molecule has 1 rings (SSSR count). The Morgan fingerprint density at radius 3 is 2.14 bits per heavy atom. The van der Waals surface area contributed by atoms with Gasteiger partial charge in [-0.15, -0.1) is 0 Å². The molecule has 0 heterocycles. The molecule has 0 unspecified atom stereocenters. The highest BCUT2D eigenvalue weighted by Crippen LogP contribution is 2.17. The maximum absolute atomic E-state index is 10.4. The van der Waals surface area contributed by atoms with Crippen LogP contribution in [0.5, 0.6) is 0 Å². The van der Waals surface area contributed by atoms with Gasteiger partial charge in [0, 0.05) is 6.08 Å². The summed E-state index contributed by atoms with van der Waals surface area (Å²) in [7, 11) is 0. The van der Waals surface area contributed by atoms with Crippen molar-refractivity contribution in [3.63, 3.8) is 0 Å². The molecular weight excluding hydrogens is 176 g/mol. The molecular formula is C12H14O2. The first-order valence-corrected chi connectivity index (χ1v) is 4.49. The Labute approximate surface area is 83.9 Å². The van der Waals surface area contributed by atoms with Crippen LogP contribution in [-0.4, -0.2) is 11.1 Å². The van der Waals surface area contributed by atoms with E-state index in [-0.39, 0.29) is 0 Å². The Morgan fingerprint density at radius 2 is 1.71 bits per heavy atom. The maximum Gasteiger partial charge on any atom is 0.328 e. The van der Waals surface area contributed by atoms with E-state index in [9.17, 15) is 4.79 Å². The Hall–Kier alpha value is -1.57. The van der Waals surface area contributed by atoms with Crippen molar-refractivity contribution < 1.29 is 9.90 Å². The normalized spacial score (nSPS) is 10.8. The van der Waals surface area contributed by atoms with E-state index in [0.29, 0.717) is 0 Å². The molecule has 0 saturated heterocycles. The van der Waals surface area contributed by atoms with Crippen LogP contribution >= 0.6 is 0 Å². The SMILES string of the molecule is Cc1cc(C)c(/C=C/C(=O)O)c(C)c1. The first kappa shape index (κ1) is 10.5. The molecule has 0 atom stereocenters. The van der Waals surface area contributed by atoms with E-state index in [2.05, 4.69) is 12.1 Å². The molecule has 0 aliphatic carbocycles. The van der Waals surface area contributed by atoms with Crippen LogP contribution in [-0.2, 0) is 4.79 Å². The van der Waals surface area contributed by atoms with Crippen molar-refractivity contribution in [2.45, 2.75) is 20.8 Å². The second-order valence-electron chi connectivity index (χ2n) is 3.48. The van der Waals surface area contributed by atoms with Crippen LogP contribution < -0.4 is 0 Å². The molecule has 0 bridgehead atoms. The highest BCUT2D eigenvalue weighted by atomic mass is 16.4. The summed E-state index contributed by atoms with van der Waals surface area (Å²) in [5, 5.41) is 8.52. The molecule has 0 radical (unpaired) electrons. The van der Waals surface area contributed by atoms with Gasteiger partial charge in [-0.05, 0) is 43.5 Å². The predicted molar refractivity (Wildman–Crippen MR) is 57.3 cm³/mol. The number of carboxylic acid groups (broad SMARTS) is 1. The minimum Gasteiger partial charge on any atom is -0.478 e. The fraction of sp³-hybridized carbons (Fsp3) is 0.250. The van der Waals surface area contributed by atoms with Crippen LogP contribution in [0, 0.1) is 20.8 Å². The molecule has 1 aromatic rings. The van der Waals surface area contributed by atoms with E-state index in [4.69, 9.17) is 5.11 Å². The van der Waals surface area contributed by atoms with Crippen LogP contribution in [0.2, 0.25) is 0 Å². The van der Waals surface area contributed by atoms with Crippen LogP contribution in [0.25, 0.3) is 6.08 Å². The summed E-state index contributed by atoms with van der Waals surface area (Å²) in [6, 6.07) is 4.10. The highest BCUT2D eigenvalue weighted by molar-refractivity contribution is 5.85. The summed E-state index contributed by atoms with van der Waals surface area (Å²) < 4.78 is 0. The molecule has 0 fully saturated rings. The van der Waals surface area contributed by atoms with Gasteiger partial charge in [0.15, 0.2) is 0 Å². The molecule has 0 saturated carbocycles. The maximum atomic E-state index is 10.4. The number of rotatable bonds is 2. The lowest BCUT2D eigenvalue weighted by atomic mass is 9.99. The van der Waals surface area contributed by atoms with Gasteiger partial charge in [-0.1, -0.05) is 17.7 Å². The molecule has 0 aliphatic rings. The van der Waals surface area contributed by atoms with E-state index in [0.717, 1.165) is 16.7 Å². The van der Waals surface area contributed by atoms with Crippen molar-refractivity contribution in [1.82, 2.24) is 0 Å². The lowest BCUT2D eigenvalue weighted by Gasteiger charge is -2.06. The minimum absolute atomic E-state index is 0.913. The van der Waals surface area contributed by atoms with Gasteiger partial charge in [0.05, 0.1) is 0 Å². The second-order valence-corrected chi connectivity index (χ2v) is 3.48. The zero-order valence-corrected chi connectivity index (χ0v) is 8.66. The van der Waals surface area contributed by atoms with Crippen LogP contribution in [0.4, 0.5) is 0 Å². The van der Waals surface area contributed by atoms with E-state index >= 15 is 0 Å². The molecule has 1 aromatic carbocycles. The van der Waals surface area contributed by atoms with Crippen molar-refractivity contribution in [2.24, 2.45) is 0 Å². The van der Waals surface area contributed by atoms with Gasteiger partial charge in [0.2, 0.25) is 0 Å². The van der Waals surface area contributed by atoms with E-state index in [1.54, 1.807) is 6.08 Å². The zero-order valence-electron chi connectivity index (χ0n) is 8.66. The Balaban J connectivity index is 3.15. The van der Waals surface area contributed by atoms with Gasteiger partial charge in [0.1, 0.15) is 0 Å². The van der Waals surface area contributed by atoms with Gasteiger partial charge < -0.3 is 5.11 Å².